The fraction of sp³-hybridized carbons (Fsp3) is 0.462. The standard InChI is InChI=1S/C13H18F2N2O/c1-3-4-5-10(16)13(18)17-12-9(14)7-6-8(2)11(12)15/h6-7,10H,3-5,16H2,1-2H3,(H,17,18)/t10-/m0/s1. The maximum Gasteiger partial charge on any atom is 0.241 e. The minimum Gasteiger partial charge on any atom is -0.320 e. The van der Waals surface area contributed by atoms with Gasteiger partial charge in [0.1, 0.15) is 11.5 Å². The molecule has 0 radical (unpaired) electrons. The van der Waals surface area contributed by atoms with E-state index >= 15 is 0 Å². The lowest BCUT2D eigenvalue weighted by atomic mass is 10.1. The molecule has 0 aliphatic carbocycles. The Balaban J connectivity index is 2.79. The molecule has 0 aliphatic rings. The highest BCUT2D eigenvalue weighted by Gasteiger charge is 2.18. The van der Waals surface area contributed by atoms with Gasteiger partial charge >= 0.3 is 0 Å². The lowest BCUT2D eigenvalue weighted by Crippen LogP contribution is -2.36. The number of rotatable bonds is 5. The Morgan fingerprint density at radius 2 is 2.11 bits per heavy atom. The summed E-state index contributed by atoms with van der Waals surface area (Å²) in [4.78, 5) is 11.7. The molecule has 1 amide bonds. The van der Waals surface area contributed by atoms with E-state index in [1.54, 1.807) is 0 Å². The van der Waals surface area contributed by atoms with Crippen LogP contribution in [0.2, 0.25) is 0 Å². The van der Waals surface area contributed by atoms with Gasteiger partial charge in [0.05, 0.1) is 6.04 Å². The SMILES string of the molecule is CCCC[C@H](N)C(=O)Nc1c(F)ccc(C)c1F. The van der Waals surface area contributed by atoms with Crippen molar-refractivity contribution >= 4 is 11.6 Å². The molecular weight excluding hydrogens is 238 g/mol. The van der Waals surface area contributed by atoms with Gasteiger partial charge in [0.25, 0.3) is 0 Å². The number of carbonyl (C=O) groups is 1. The minimum absolute atomic E-state index is 0.272. The number of nitrogens with two attached hydrogens (primary N) is 1. The summed E-state index contributed by atoms with van der Waals surface area (Å²) < 4.78 is 27.1. The van der Waals surface area contributed by atoms with Crippen LogP contribution in [0.5, 0.6) is 0 Å². The Kier molecular flexibility index (Phi) is 5.22. The quantitative estimate of drug-likeness (QED) is 0.851. The third-order valence-corrected chi connectivity index (χ3v) is 2.74. The molecular formula is C13H18F2N2O. The van der Waals surface area contributed by atoms with Gasteiger partial charge in [-0.05, 0) is 25.0 Å². The van der Waals surface area contributed by atoms with E-state index in [0.717, 1.165) is 18.9 Å². The van der Waals surface area contributed by atoms with Crippen LogP contribution in [0.25, 0.3) is 0 Å². The molecule has 0 heterocycles. The molecule has 18 heavy (non-hydrogen) atoms. The highest BCUT2D eigenvalue weighted by atomic mass is 19.1. The van der Waals surface area contributed by atoms with Gasteiger partial charge in [0.2, 0.25) is 5.91 Å². The molecule has 3 N–H and O–H groups in total. The normalized spacial score (nSPS) is 12.3. The van der Waals surface area contributed by atoms with Crippen molar-refractivity contribution in [2.24, 2.45) is 5.73 Å². The van der Waals surface area contributed by atoms with Crippen LogP contribution in [-0.2, 0) is 4.79 Å². The van der Waals surface area contributed by atoms with Crippen LogP contribution in [-0.4, -0.2) is 11.9 Å². The predicted molar refractivity (Wildman–Crippen MR) is 67.2 cm³/mol. The first-order valence-corrected chi connectivity index (χ1v) is 5.98. The van der Waals surface area contributed by atoms with Crippen molar-refractivity contribution in [1.82, 2.24) is 0 Å². The number of nitrogens with one attached hydrogen (secondary N) is 1. The Bertz CT molecular complexity index is 435. The molecule has 1 atom stereocenters. The van der Waals surface area contributed by atoms with Gasteiger partial charge in [-0.1, -0.05) is 25.8 Å². The zero-order chi connectivity index (χ0) is 13.7. The van der Waals surface area contributed by atoms with E-state index in [2.05, 4.69) is 5.32 Å². The van der Waals surface area contributed by atoms with E-state index in [1.807, 2.05) is 6.92 Å². The van der Waals surface area contributed by atoms with Gasteiger partial charge in [0.15, 0.2) is 5.82 Å². The molecule has 1 aromatic rings. The molecule has 100 valence electrons. The summed E-state index contributed by atoms with van der Waals surface area (Å²) >= 11 is 0. The summed E-state index contributed by atoms with van der Waals surface area (Å²) in [7, 11) is 0. The molecule has 0 aromatic heterocycles. The fourth-order valence-corrected chi connectivity index (χ4v) is 1.54. The first-order valence-electron chi connectivity index (χ1n) is 5.98. The second kappa shape index (κ2) is 6.44. The summed E-state index contributed by atoms with van der Waals surface area (Å²) in [6.45, 7) is 3.48. The van der Waals surface area contributed by atoms with Crippen LogP contribution in [0, 0.1) is 18.6 Å². The molecule has 0 saturated heterocycles. The molecule has 0 unspecified atom stereocenters. The summed E-state index contributed by atoms with van der Waals surface area (Å²) in [5.41, 5.74) is 5.48. The largest absolute Gasteiger partial charge is 0.320 e. The van der Waals surface area contributed by atoms with Crippen molar-refractivity contribution in [3.05, 3.63) is 29.3 Å². The van der Waals surface area contributed by atoms with Gasteiger partial charge < -0.3 is 11.1 Å². The minimum atomic E-state index is -0.797. The summed E-state index contributed by atoms with van der Waals surface area (Å²) in [5, 5.41) is 2.21. The number of halogens is 2. The van der Waals surface area contributed by atoms with Crippen LogP contribution in [0.1, 0.15) is 31.7 Å². The van der Waals surface area contributed by atoms with Gasteiger partial charge in [0, 0.05) is 0 Å². The summed E-state index contributed by atoms with van der Waals surface area (Å²) in [6, 6.07) is 1.69. The number of anilines is 1. The first-order chi connectivity index (χ1) is 8.47. The van der Waals surface area contributed by atoms with Crippen LogP contribution in [0.3, 0.4) is 0 Å². The van der Waals surface area contributed by atoms with Crippen molar-refractivity contribution in [1.29, 1.82) is 0 Å². The van der Waals surface area contributed by atoms with Crippen molar-refractivity contribution in [2.75, 3.05) is 5.32 Å². The van der Waals surface area contributed by atoms with E-state index in [0.29, 0.717) is 6.42 Å². The lowest BCUT2D eigenvalue weighted by molar-refractivity contribution is -0.117. The molecule has 1 aromatic carbocycles. The predicted octanol–water partition coefficient (Wildman–Crippen LogP) is 2.73. The van der Waals surface area contributed by atoms with Gasteiger partial charge in [-0.2, -0.15) is 0 Å². The van der Waals surface area contributed by atoms with Crippen LogP contribution in [0.4, 0.5) is 14.5 Å². The molecule has 0 bridgehead atoms. The molecule has 0 aliphatic heterocycles. The third kappa shape index (κ3) is 3.50. The Morgan fingerprint density at radius 1 is 1.44 bits per heavy atom. The fourth-order valence-electron chi connectivity index (χ4n) is 1.54. The van der Waals surface area contributed by atoms with E-state index in [1.165, 1.54) is 13.0 Å². The lowest BCUT2D eigenvalue weighted by Gasteiger charge is -2.13. The van der Waals surface area contributed by atoms with E-state index in [4.69, 9.17) is 5.73 Å². The number of aryl methyl sites for hydroxylation is 1. The number of unbranched alkanes of at least 4 members (excludes halogenated alkanes) is 1. The Labute approximate surface area is 105 Å². The smallest absolute Gasteiger partial charge is 0.241 e. The van der Waals surface area contributed by atoms with Gasteiger partial charge in [-0.3, -0.25) is 4.79 Å². The second-order valence-electron chi connectivity index (χ2n) is 4.29. The monoisotopic (exact) mass is 256 g/mol. The zero-order valence-electron chi connectivity index (χ0n) is 10.6. The molecule has 0 fully saturated rings. The highest BCUT2D eigenvalue weighted by molar-refractivity contribution is 5.94. The average Bonchev–Trinajstić information content (AvgIpc) is 2.36. The molecule has 0 spiro atoms. The third-order valence-electron chi connectivity index (χ3n) is 2.74. The van der Waals surface area contributed by atoms with Crippen molar-refractivity contribution < 1.29 is 13.6 Å². The maximum absolute atomic E-state index is 13.6. The van der Waals surface area contributed by atoms with Gasteiger partial charge in [-0.25, -0.2) is 8.78 Å². The van der Waals surface area contributed by atoms with Crippen molar-refractivity contribution in [2.45, 2.75) is 39.2 Å². The number of hydrogen-bond acceptors (Lipinski definition) is 2. The number of carbonyl (C=O) groups excluding carboxylic acids is 1. The van der Waals surface area contributed by atoms with E-state index < -0.39 is 29.3 Å². The topological polar surface area (TPSA) is 55.1 Å². The van der Waals surface area contributed by atoms with Crippen molar-refractivity contribution in [3.63, 3.8) is 0 Å². The second-order valence-corrected chi connectivity index (χ2v) is 4.29. The summed E-state index contributed by atoms with van der Waals surface area (Å²) in [5.74, 6) is -2.12. The molecule has 5 heteroatoms. The first kappa shape index (κ1) is 14.6. The van der Waals surface area contributed by atoms with E-state index in [9.17, 15) is 13.6 Å². The number of hydrogen-bond donors (Lipinski definition) is 2. The van der Waals surface area contributed by atoms with Gasteiger partial charge in [-0.15, -0.1) is 0 Å². The molecule has 1 rings (SSSR count). The Hall–Kier alpha value is -1.49. The Morgan fingerprint density at radius 3 is 2.72 bits per heavy atom. The average molecular weight is 256 g/mol. The van der Waals surface area contributed by atoms with Crippen molar-refractivity contribution in [3.8, 4) is 0 Å². The number of benzene rings is 1. The molecule has 0 saturated carbocycles. The summed E-state index contributed by atoms with van der Waals surface area (Å²) in [6.07, 6.45) is 2.21. The highest BCUT2D eigenvalue weighted by Crippen LogP contribution is 2.21. The van der Waals surface area contributed by atoms with E-state index in [-0.39, 0.29) is 5.56 Å². The number of amides is 1. The maximum atomic E-state index is 13.6. The zero-order valence-corrected chi connectivity index (χ0v) is 10.6. The van der Waals surface area contributed by atoms with Crippen LogP contribution >= 0.6 is 0 Å². The van der Waals surface area contributed by atoms with Crippen LogP contribution < -0.4 is 11.1 Å². The molecule has 3 nitrogen and oxygen atoms in total. The van der Waals surface area contributed by atoms with Crippen LogP contribution in [0.15, 0.2) is 12.1 Å².